The van der Waals surface area contributed by atoms with Crippen LogP contribution >= 0.6 is 11.6 Å². The van der Waals surface area contributed by atoms with Crippen molar-refractivity contribution in [3.05, 3.63) is 34.9 Å². The van der Waals surface area contributed by atoms with Gasteiger partial charge in [0.25, 0.3) is 0 Å². The minimum Gasteiger partial charge on any atom is -0.475 e. The van der Waals surface area contributed by atoms with Gasteiger partial charge in [-0.1, -0.05) is 29.8 Å². The van der Waals surface area contributed by atoms with Crippen LogP contribution < -0.4 is 5.73 Å². The molecule has 0 bridgehead atoms. The van der Waals surface area contributed by atoms with Crippen LogP contribution in [0.15, 0.2) is 29.3 Å². The van der Waals surface area contributed by atoms with Gasteiger partial charge in [0, 0.05) is 17.9 Å². The van der Waals surface area contributed by atoms with Crippen molar-refractivity contribution in [1.82, 2.24) is 0 Å². The standard InChI is InChI=1S/C13H17ClN2O/c14-12-5-2-1-4-10(12)8-11-9-16-13(17-11)6-3-7-15/h1-2,4-5,11H,3,6-9,15H2. The van der Waals surface area contributed by atoms with Crippen molar-refractivity contribution in [3.8, 4) is 0 Å². The Morgan fingerprint density at radius 1 is 1.41 bits per heavy atom. The van der Waals surface area contributed by atoms with Crippen LogP contribution in [-0.2, 0) is 11.2 Å². The smallest absolute Gasteiger partial charge is 0.183 e. The fraction of sp³-hybridized carbons (Fsp3) is 0.462. The van der Waals surface area contributed by atoms with Gasteiger partial charge in [-0.15, -0.1) is 0 Å². The molecule has 0 saturated heterocycles. The van der Waals surface area contributed by atoms with Crippen molar-refractivity contribution in [3.63, 3.8) is 0 Å². The average molecular weight is 253 g/mol. The number of halogens is 1. The molecule has 1 aromatic carbocycles. The van der Waals surface area contributed by atoms with E-state index in [1.807, 2.05) is 24.3 Å². The highest BCUT2D eigenvalue weighted by atomic mass is 35.5. The summed E-state index contributed by atoms with van der Waals surface area (Å²) in [5.41, 5.74) is 6.58. The molecule has 1 heterocycles. The van der Waals surface area contributed by atoms with E-state index in [9.17, 15) is 0 Å². The molecule has 2 N–H and O–H groups in total. The number of nitrogens with two attached hydrogens (primary N) is 1. The molecule has 0 radical (unpaired) electrons. The highest BCUT2D eigenvalue weighted by molar-refractivity contribution is 6.31. The van der Waals surface area contributed by atoms with Gasteiger partial charge >= 0.3 is 0 Å². The number of ether oxygens (including phenoxy) is 1. The molecule has 0 fully saturated rings. The topological polar surface area (TPSA) is 47.6 Å². The van der Waals surface area contributed by atoms with E-state index in [1.165, 1.54) is 0 Å². The van der Waals surface area contributed by atoms with E-state index < -0.39 is 0 Å². The summed E-state index contributed by atoms with van der Waals surface area (Å²) in [6.07, 6.45) is 2.71. The summed E-state index contributed by atoms with van der Waals surface area (Å²) in [5.74, 6) is 0.840. The zero-order valence-corrected chi connectivity index (χ0v) is 10.5. The Bertz CT molecular complexity index is 406. The van der Waals surface area contributed by atoms with Gasteiger partial charge in [0.15, 0.2) is 5.90 Å². The Kier molecular flexibility index (Phi) is 4.40. The van der Waals surface area contributed by atoms with Crippen molar-refractivity contribution in [2.45, 2.75) is 25.4 Å². The summed E-state index contributed by atoms with van der Waals surface area (Å²) in [6, 6.07) is 7.86. The first-order valence-corrected chi connectivity index (χ1v) is 6.31. The Labute approximate surface area is 107 Å². The number of hydrogen-bond acceptors (Lipinski definition) is 3. The van der Waals surface area contributed by atoms with Crippen LogP contribution in [0, 0.1) is 0 Å². The van der Waals surface area contributed by atoms with Crippen LogP contribution in [0.3, 0.4) is 0 Å². The van der Waals surface area contributed by atoms with Crippen molar-refractivity contribution in [2.24, 2.45) is 10.7 Å². The molecule has 1 unspecified atom stereocenters. The van der Waals surface area contributed by atoms with E-state index in [2.05, 4.69) is 4.99 Å². The molecule has 0 aliphatic carbocycles. The fourth-order valence-corrected chi connectivity index (χ4v) is 2.09. The van der Waals surface area contributed by atoms with E-state index >= 15 is 0 Å². The molecule has 92 valence electrons. The Morgan fingerprint density at radius 3 is 3.00 bits per heavy atom. The second-order valence-corrected chi connectivity index (χ2v) is 4.57. The number of rotatable bonds is 5. The zero-order chi connectivity index (χ0) is 12.1. The van der Waals surface area contributed by atoms with Crippen LogP contribution in [0.2, 0.25) is 5.02 Å². The third-order valence-electron chi connectivity index (χ3n) is 2.77. The molecule has 17 heavy (non-hydrogen) atoms. The number of hydrogen-bond donors (Lipinski definition) is 1. The van der Waals surface area contributed by atoms with Gasteiger partial charge in [-0.3, -0.25) is 4.99 Å². The second kappa shape index (κ2) is 6.03. The second-order valence-electron chi connectivity index (χ2n) is 4.16. The van der Waals surface area contributed by atoms with Crippen LogP contribution in [0.5, 0.6) is 0 Å². The quantitative estimate of drug-likeness (QED) is 0.875. The van der Waals surface area contributed by atoms with E-state index in [-0.39, 0.29) is 6.10 Å². The zero-order valence-electron chi connectivity index (χ0n) is 9.73. The van der Waals surface area contributed by atoms with Gasteiger partial charge in [0.1, 0.15) is 6.10 Å². The molecule has 1 aliphatic rings. The third kappa shape index (κ3) is 3.45. The maximum Gasteiger partial charge on any atom is 0.183 e. The Hall–Kier alpha value is -1.06. The molecule has 2 rings (SSSR count). The first-order valence-electron chi connectivity index (χ1n) is 5.93. The Balaban J connectivity index is 1.85. The summed E-state index contributed by atoms with van der Waals surface area (Å²) in [4.78, 5) is 4.38. The lowest BCUT2D eigenvalue weighted by molar-refractivity contribution is 0.218. The minimum absolute atomic E-state index is 0.127. The number of nitrogens with zero attached hydrogens (tertiary/aromatic N) is 1. The predicted molar refractivity (Wildman–Crippen MR) is 70.6 cm³/mol. The largest absolute Gasteiger partial charge is 0.475 e. The van der Waals surface area contributed by atoms with Crippen LogP contribution in [-0.4, -0.2) is 25.1 Å². The van der Waals surface area contributed by atoms with Crippen LogP contribution in [0.4, 0.5) is 0 Å². The summed E-state index contributed by atoms with van der Waals surface area (Å²) in [7, 11) is 0. The molecular weight excluding hydrogens is 236 g/mol. The first-order chi connectivity index (χ1) is 8.29. The summed E-state index contributed by atoms with van der Waals surface area (Å²) < 4.78 is 5.76. The summed E-state index contributed by atoms with van der Waals surface area (Å²) >= 11 is 6.11. The van der Waals surface area contributed by atoms with E-state index in [0.29, 0.717) is 6.54 Å². The first kappa shape index (κ1) is 12.4. The summed E-state index contributed by atoms with van der Waals surface area (Å²) in [5, 5.41) is 0.798. The molecule has 3 nitrogen and oxygen atoms in total. The molecule has 0 aromatic heterocycles. The number of aliphatic imine (C=N–C) groups is 1. The summed E-state index contributed by atoms with van der Waals surface area (Å²) in [6.45, 7) is 1.41. The maximum atomic E-state index is 6.11. The van der Waals surface area contributed by atoms with Crippen LogP contribution in [0.25, 0.3) is 0 Å². The SMILES string of the molecule is NCCCC1=NCC(Cc2ccccc2Cl)O1. The molecular formula is C13H17ClN2O. The van der Waals surface area contributed by atoms with Gasteiger partial charge in [-0.25, -0.2) is 0 Å². The van der Waals surface area contributed by atoms with Crippen molar-refractivity contribution >= 4 is 17.5 Å². The van der Waals surface area contributed by atoms with Crippen molar-refractivity contribution in [2.75, 3.05) is 13.1 Å². The number of benzene rings is 1. The molecule has 1 aromatic rings. The highest BCUT2D eigenvalue weighted by Crippen LogP contribution is 2.20. The van der Waals surface area contributed by atoms with Gasteiger partial charge in [0.05, 0.1) is 6.54 Å². The molecule has 0 amide bonds. The van der Waals surface area contributed by atoms with E-state index in [1.54, 1.807) is 0 Å². The van der Waals surface area contributed by atoms with Crippen LogP contribution in [0.1, 0.15) is 18.4 Å². The molecule has 1 atom stereocenters. The molecule has 4 heteroatoms. The molecule has 0 spiro atoms. The lowest BCUT2D eigenvalue weighted by atomic mass is 10.1. The normalized spacial score (nSPS) is 18.9. The third-order valence-corrected chi connectivity index (χ3v) is 3.14. The monoisotopic (exact) mass is 252 g/mol. The van der Waals surface area contributed by atoms with E-state index in [0.717, 1.165) is 42.3 Å². The fourth-order valence-electron chi connectivity index (χ4n) is 1.88. The maximum absolute atomic E-state index is 6.11. The van der Waals surface area contributed by atoms with E-state index in [4.69, 9.17) is 22.1 Å². The lowest BCUT2D eigenvalue weighted by Gasteiger charge is -2.12. The molecule has 1 aliphatic heterocycles. The minimum atomic E-state index is 0.127. The molecule has 0 saturated carbocycles. The predicted octanol–water partition coefficient (Wildman–Crippen LogP) is 2.42. The van der Waals surface area contributed by atoms with Gasteiger partial charge in [-0.2, -0.15) is 0 Å². The van der Waals surface area contributed by atoms with Gasteiger partial charge < -0.3 is 10.5 Å². The lowest BCUT2D eigenvalue weighted by Crippen LogP contribution is -2.16. The van der Waals surface area contributed by atoms with Crippen molar-refractivity contribution < 1.29 is 4.74 Å². The average Bonchev–Trinajstić information content (AvgIpc) is 2.77. The Morgan fingerprint density at radius 2 is 2.24 bits per heavy atom. The highest BCUT2D eigenvalue weighted by Gasteiger charge is 2.20. The van der Waals surface area contributed by atoms with Crippen molar-refractivity contribution in [1.29, 1.82) is 0 Å². The van der Waals surface area contributed by atoms with Gasteiger partial charge in [0.2, 0.25) is 0 Å². The van der Waals surface area contributed by atoms with Gasteiger partial charge in [-0.05, 0) is 24.6 Å².